The van der Waals surface area contributed by atoms with Gasteiger partial charge < -0.3 is 16.0 Å². The van der Waals surface area contributed by atoms with Crippen molar-refractivity contribution in [3.05, 3.63) is 34.3 Å². The van der Waals surface area contributed by atoms with Crippen molar-refractivity contribution in [3.8, 4) is 0 Å². The van der Waals surface area contributed by atoms with E-state index < -0.39 is 5.41 Å². The third kappa shape index (κ3) is 4.29. The van der Waals surface area contributed by atoms with Gasteiger partial charge in [0, 0.05) is 37.1 Å². The fraction of sp³-hybridized carbons (Fsp3) is 0.556. The highest BCUT2D eigenvalue weighted by atomic mass is 79.9. The minimum atomic E-state index is -0.494. The van der Waals surface area contributed by atoms with Crippen LogP contribution in [0.5, 0.6) is 0 Å². The lowest BCUT2D eigenvalue weighted by Crippen LogP contribution is -2.48. The molecule has 1 saturated carbocycles. The van der Waals surface area contributed by atoms with Crippen LogP contribution in [0.4, 0.5) is 0 Å². The maximum atomic E-state index is 11.9. The monoisotopic (exact) mass is 394 g/mol. The van der Waals surface area contributed by atoms with Crippen molar-refractivity contribution < 1.29 is 4.79 Å². The molecule has 1 aliphatic rings. The molecular formula is C18H27BrN4O. The van der Waals surface area contributed by atoms with Gasteiger partial charge in [-0.15, -0.1) is 0 Å². The van der Waals surface area contributed by atoms with E-state index in [1.807, 2.05) is 19.9 Å². The summed E-state index contributed by atoms with van der Waals surface area (Å²) < 4.78 is 1.16. The molecule has 5 nitrogen and oxygen atoms in total. The molecule has 0 heterocycles. The van der Waals surface area contributed by atoms with E-state index in [2.05, 4.69) is 55.1 Å². The summed E-state index contributed by atoms with van der Waals surface area (Å²) >= 11 is 3.66. The van der Waals surface area contributed by atoms with Crippen LogP contribution in [0.3, 0.4) is 0 Å². The highest BCUT2D eigenvalue weighted by Crippen LogP contribution is 2.49. The first kappa shape index (κ1) is 18.8. The number of rotatable bonds is 6. The van der Waals surface area contributed by atoms with Crippen molar-refractivity contribution in [1.29, 1.82) is 0 Å². The third-order valence-electron chi connectivity index (χ3n) is 4.66. The number of nitrogens with zero attached hydrogens (tertiary/aromatic N) is 1. The fourth-order valence-corrected chi connectivity index (χ4v) is 3.49. The van der Waals surface area contributed by atoms with E-state index in [-0.39, 0.29) is 11.3 Å². The molecule has 0 saturated heterocycles. The summed E-state index contributed by atoms with van der Waals surface area (Å²) in [6, 6.07) is 8.40. The average molecular weight is 395 g/mol. The maximum absolute atomic E-state index is 11.9. The Kier molecular flexibility index (Phi) is 5.91. The van der Waals surface area contributed by atoms with Crippen molar-refractivity contribution in [2.24, 2.45) is 10.4 Å². The number of nitrogens with one attached hydrogen (secondary N) is 3. The molecule has 0 unspecified atom stereocenters. The summed E-state index contributed by atoms with van der Waals surface area (Å²) in [6.07, 6.45) is 2.34. The molecule has 132 valence electrons. The van der Waals surface area contributed by atoms with Gasteiger partial charge in [0.2, 0.25) is 5.91 Å². The van der Waals surface area contributed by atoms with E-state index in [0.717, 1.165) is 17.0 Å². The zero-order valence-corrected chi connectivity index (χ0v) is 16.5. The first-order valence-corrected chi connectivity index (χ1v) is 9.06. The molecule has 0 spiro atoms. The van der Waals surface area contributed by atoms with E-state index in [9.17, 15) is 4.79 Å². The predicted molar refractivity (Wildman–Crippen MR) is 102 cm³/mol. The van der Waals surface area contributed by atoms with Crippen molar-refractivity contribution in [2.45, 2.75) is 32.1 Å². The predicted octanol–water partition coefficient (Wildman–Crippen LogP) is 2.42. The number of hydrogen-bond acceptors (Lipinski definition) is 2. The van der Waals surface area contributed by atoms with Crippen LogP contribution in [0.25, 0.3) is 0 Å². The van der Waals surface area contributed by atoms with Gasteiger partial charge in [0.25, 0.3) is 0 Å². The summed E-state index contributed by atoms with van der Waals surface area (Å²) in [6.45, 7) is 5.18. The van der Waals surface area contributed by atoms with E-state index in [0.29, 0.717) is 6.54 Å². The second kappa shape index (κ2) is 7.55. The number of halogens is 1. The van der Waals surface area contributed by atoms with E-state index in [4.69, 9.17) is 0 Å². The third-order valence-corrected chi connectivity index (χ3v) is 5.35. The average Bonchev–Trinajstić information content (AvgIpc) is 3.35. The van der Waals surface area contributed by atoms with Gasteiger partial charge in [-0.3, -0.25) is 9.79 Å². The molecule has 6 heteroatoms. The summed E-state index contributed by atoms with van der Waals surface area (Å²) in [5, 5.41) is 9.37. The Balaban J connectivity index is 1.93. The molecule has 1 aliphatic carbocycles. The Labute approximate surface area is 152 Å². The van der Waals surface area contributed by atoms with Gasteiger partial charge in [-0.1, -0.05) is 34.1 Å². The zero-order chi connectivity index (χ0) is 17.8. The Hall–Kier alpha value is -1.56. The van der Waals surface area contributed by atoms with Crippen molar-refractivity contribution in [2.75, 3.05) is 27.2 Å². The van der Waals surface area contributed by atoms with Crippen LogP contribution in [0.1, 0.15) is 32.3 Å². The van der Waals surface area contributed by atoms with Crippen LogP contribution >= 0.6 is 15.9 Å². The summed E-state index contributed by atoms with van der Waals surface area (Å²) in [5.41, 5.74) is 1.03. The van der Waals surface area contributed by atoms with Crippen LogP contribution in [-0.2, 0) is 10.2 Å². The molecular weight excluding hydrogens is 368 g/mol. The molecule has 3 N–H and O–H groups in total. The normalized spacial score (nSPS) is 16.5. The summed E-state index contributed by atoms with van der Waals surface area (Å²) in [5.74, 6) is 0.739. The molecule has 0 aliphatic heterocycles. The van der Waals surface area contributed by atoms with Crippen molar-refractivity contribution in [1.82, 2.24) is 16.0 Å². The highest BCUT2D eigenvalue weighted by molar-refractivity contribution is 9.10. The Morgan fingerprint density at radius 2 is 1.96 bits per heavy atom. The number of aliphatic imine (C=N–C) groups is 1. The molecule has 0 atom stereocenters. The van der Waals surface area contributed by atoms with Crippen LogP contribution in [0.15, 0.2) is 33.7 Å². The Morgan fingerprint density at radius 1 is 1.29 bits per heavy atom. The molecule has 1 fully saturated rings. The number of carbonyl (C=O) groups excluding carboxylic acids is 1. The van der Waals surface area contributed by atoms with Gasteiger partial charge in [-0.25, -0.2) is 0 Å². The standard InChI is InChI=1S/C18H27BrN4O/c1-17(2,15(24)20-3)11-22-16(21-4)23-12-18(9-10-18)13-7-5-6-8-14(13)19/h5-8H,9-12H2,1-4H3,(H,20,24)(H2,21,22,23). The van der Waals surface area contributed by atoms with E-state index in [1.165, 1.54) is 18.4 Å². The van der Waals surface area contributed by atoms with Crippen molar-refractivity contribution in [3.63, 3.8) is 0 Å². The summed E-state index contributed by atoms with van der Waals surface area (Å²) in [7, 11) is 3.41. The number of benzene rings is 1. The first-order valence-electron chi connectivity index (χ1n) is 8.26. The van der Waals surface area contributed by atoms with Gasteiger partial charge in [-0.05, 0) is 38.3 Å². The van der Waals surface area contributed by atoms with Crippen LogP contribution in [-0.4, -0.2) is 39.1 Å². The largest absolute Gasteiger partial charge is 0.359 e. The van der Waals surface area contributed by atoms with Crippen LogP contribution in [0, 0.1) is 5.41 Å². The lowest BCUT2D eigenvalue weighted by molar-refractivity contribution is -0.128. The minimum Gasteiger partial charge on any atom is -0.359 e. The molecule has 0 radical (unpaired) electrons. The lowest BCUT2D eigenvalue weighted by Gasteiger charge is -2.25. The topological polar surface area (TPSA) is 65.5 Å². The molecule has 0 bridgehead atoms. The second-order valence-electron chi connectivity index (χ2n) is 7.00. The molecule has 24 heavy (non-hydrogen) atoms. The smallest absolute Gasteiger partial charge is 0.227 e. The Morgan fingerprint density at radius 3 is 2.50 bits per heavy atom. The van der Waals surface area contributed by atoms with E-state index in [1.54, 1.807) is 14.1 Å². The molecule has 0 aromatic heterocycles. The quantitative estimate of drug-likeness (QED) is 0.512. The Bertz CT molecular complexity index is 623. The number of hydrogen-bond donors (Lipinski definition) is 3. The molecule has 1 aromatic carbocycles. The maximum Gasteiger partial charge on any atom is 0.227 e. The first-order chi connectivity index (χ1) is 11.3. The van der Waals surface area contributed by atoms with Crippen molar-refractivity contribution >= 4 is 27.8 Å². The fourth-order valence-electron chi connectivity index (χ4n) is 2.78. The minimum absolute atomic E-state index is 0.0114. The van der Waals surface area contributed by atoms with Gasteiger partial charge in [-0.2, -0.15) is 0 Å². The molecule has 2 rings (SSSR count). The van der Waals surface area contributed by atoms with Gasteiger partial charge in [0.1, 0.15) is 0 Å². The molecule has 1 amide bonds. The highest BCUT2D eigenvalue weighted by Gasteiger charge is 2.45. The molecule has 1 aromatic rings. The summed E-state index contributed by atoms with van der Waals surface area (Å²) in [4.78, 5) is 16.1. The number of amides is 1. The van der Waals surface area contributed by atoms with Gasteiger partial charge in [0.05, 0.1) is 5.41 Å². The van der Waals surface area contributed by atoms with Crippen LogP contribution in [0.2, 0.25) is 0 Å². The number of carbonyl (C=O) groups is 1. The lowest BCUT2D eigenvalue weighted by atomic mass is 9.92. The second-order valence-corrected chi connectivity index (χ2v) is 7.86. The SMILES string of the molecule is CN=C(NCC(C)(C)C(=O)NC)NCC1(c2ccccc2Br)CC1. The van der Waals surface area contributed by atoms with Crippen LogP contribution < -0.4 is 16.0 Å². The zero-order valence-electron chi connectivity index (χ0n) is 14.9. The van der Waals surface area contributed by atoms with Gasteiger partial charge in [0.15, 0.2) is 5.96 Å². The van der Waals surface area contributed by atoms with Gasteiger partial charge >= 0.3 is 0 Å². The number of guanidine groups is 1. The van der Waals surface area contributed by atoms with E-state index >= 15 is 0 Å².